The Morgan fingerprint density at radius 1 is 0.429 bits per heavy atom. The second-order valence-corrected chi connectivity index (χ2v) is 19.3. The van der Waals surface area contributed by atoms with E-state index in [1.54, 1.807) is 60.7 Å². The molecule has 0 unspecified atom stereocenters. The van der Waals surface area contributed by atoms with E-state index in [0.29, 0.717) is 23.0 Å². The number of benzene rings is 6. The Balaban J connectivity index is 1.06. The monoisotopic (exact) mass is 862 g/mol. The molecule has 0 aromatic heterocycles. The van der Waals surface area contributed by atoms with Crippen LogP contribution in [0.2, 0.25) is 0 Å². The summed E-state index contributed by atoms with van der Waals surface area (Å²) >= 11 is 0. The van der Waals surface area contributed by atoms with Crippen molar-refractivity contribution in [3.63, 3.8) is 0 Å². The summed E-state index contributed by atoms with van der Waals surface area (Å²) in [6.07, 6.45) is 2.29. The van der Waals surface area contributed by atoms with Crippen LogP contribution in [-0.4, -0.2) is 20.4 Å². The Labute approximate surface area is 371 Å². The van der Waals surface area contributed by atoms with Gasteiger partial charge in [0.05, 0.1) is 9.79 Å². The summed E-state index contributed by atoms with van der Waals surface area (Å²) in [5.74, 6) is 1.13. The minimum absolute atomic E-state index is 0.143. The van der Waals surface area contributed by atoms with Crippen molar-refractivity contribution in [2.24, 2.45) is 0 Å². The normalized spacial score (nSPS) is 12.2. The average Bonchev–Trinajstić information content (AvgIpc) is 3.27. The molecule has 6 aromatic carbocycles. The zero-order chi connectivity index (χ0) is 45.8. The van der Waals surface area contributed by atoms with Crippen LogP contribution in [0.25, 0.3) is 0 Å². The van der Waals surface area contributed by atoms with Gasteiger partial charge in [-0.2, -0.15) is 0 Å². The largest absolute Gasteiger partial charge is 0.483 e. The Bertz CT molecular complexity index is 2690. The summed E-state index contributed by atoms with van der Waals surface area (Å²) in [6.45, 7) is 23.1. The van der Waals surface area contributed by atoms with E-state index in [0.717, 1.165) is 45.5 Å². The summed E-state index contributed by atoms with van der Waals surface area (Å²) in [6, 6.07) is 44.3. The van der Waals surface area contributed by atoms with E-state index >= 15 is 0 Å². The Morgan fingerprint density at radius 3 is 1.14 bits per heavy atom. The quantitative estimate of drug-likeness (QED) is 0.0538. The molecule has 0 amide bonds. The molecule has 0 atom stereocenters. The first-order valence-corrected chi connectivity index (χ1v) is 22.1. The van der Waals surface area contributed by atoms with E-state index in [1.165, 1.54) is 0 Å². The topological polar surface area (TPSA) is 105 Å². The van der Waals surface area contributed by atoms with Crippen LogP contribution in [-0.2, 0) is 46.2 Å². The van der Waals surface area contributed by atoms with Crippen LogP contribution >= 0.6 is 0 Å². The number of hydrogen-bond acceptors (Lipinski definition) is 8. The molecule has 0 heterocycles. The van der Waals surface area contributed by atoms with Crippen molar-refractivity contribution in [1.82, 2.24) is 0 Å². The first kappa shape index (κ1) is 45.8. The summed E-state index contributed by atoms with van der Waals surface area (Å²) in [5.41, 5.74) is 3.97. The molecule has 324 valence electrons. The van der Waals surface area contributed by atoms with Gasteiger partial charge in [-0.25, -0.2) is 18.0 Å². The van der Waals surface area contributed by atoms with Crippen LogP contribution < -0.4 is 14.2 Å². The lowest BCUT2D eigenvalue weighted by Crippen LogP contribution is -2.26. The van der Waals surface area contributed by atoms with E-state index < -0.39 is 33.0 Å². The van der Waals surface area contributed by atoms with Gasteiger partial charge in [0.25, 0.3) is 0 Å². The summed E-state index contributed by atoms with van der Waals surface area (Å²) in [5, 5.41) is 0. The molecule has 0 radical (unpaired) electrons. The van der Waals surface area contributed by atoms with E-state index in [-0.39, 0.29) is 20.6 Å². The summed E-state index contributed by atoms with van der Waals surface area (Å²) < 4.78 is 50.6. The van der Waals surface area contributed by atoms with E-state index in [2.05, 4.69) is 53.0 Å². The molecule has 0 fully saturated rings. The predicted octanol–water partition coefficient (Wildman–Crippen LogP) is 12.3. The molecular weight excluding hydrogens is 809 g/mol. The summed E-state index contributed by atoms with van der Waals surface area (Å²) in [4.78, 5) is 23.7. The van der Waals surface area contributed by atoms with Crippen LogP contribution in [0.3, 0.4) is 0 Å². The van der Waals surface area contributed by atoms with Gasteiger partial charge in [0.15, 0.2) is 0 Å². The highest BCUT2D eigenvalue weighted by atomic mass is 32.2. The number of sulfone groups is 1. The maximum atomic E-state index is 13.7. The number of hydrogen-bond donors (Lipinski definition) is 0. The molecule has 0 N–H and O–H groups in total. The highest BCUT2D eigenvalue weighted by Gasteiger charge is 2.29. The smallest absolute Gasteiger partial charge is 0.335 e. The van der Waals surface area contributed by atoms with Gasteiger partial charge in [-0.05, 0) is 134 Å². The van der Waals surface area contributed by atoms with Crippen LogP contribution in [0.5, 0.6) is 23.0 Å². The van der Waals surface area contributed by atoms with Gasteiger partial charge < -0.3 is 18.9 Å². The van der Waals surface area contributed by atoms with Gasteiger partial charge in [-0.3, -0.25) is 0 Å². The third-order valence-corrected chi connectivity index (χ3v) is 13.3. The number of rotatable bonds is 16. The number of carbonyl (C=O) groups is 2. The second kappa shape index (κ2) is 17.9. The molecule has 0 aliphatic heterocycles. The van der Waals surface area contributed by atoms with E-state index in [1.807, 2.05) is 100 Å². The molecule has 0 saturated heterocycles. The molecule has 0 spiro atoms. The van der Waals surface area contributed by atoms with Crippen LogP contribution in [0.1, 0.15) is 88.8 Å². The molecule has 0 bridgehead atoms. The fourth-order valence-corrected chi connectivity index (χ4v) is 8.56. The Kier molecular flexibility index (Phi) is 13.0. The molecule has 8 nitrogen and oxygen atoms in total. The molecule has 6 aromatic rings. The van der Waals surface area contributed by atoms with Crippen LogP contribution in [0.4, 0.5) is 0 Å². The van der Waals surface area contributed by atoms with Crippen molar-refractivity contribution >= 4 is 21.8 Å². The van der Waals surface area contributed by atoms with Crippen LogP contribution in [0.15, 0.2) is 181 Å². The predicted molar refractivity (Wildman–Crippen MR) is 247 cm³/mol. The van der Waals surface area contributed by atoms with Gasteiger partial charge in [-0.1, -0.05) is 114 Å². The Morgan fingerprint density at radius 2 is 0.746 bits per heavy atom. The zero-order valence-electron chi connectivity index (χ0n) is 37.1. The molecule has 9 heteroatoms. The number of esters is 2. The molecule has 6 rings (SSSR count). The fraction of sp³-hybridized carbons (Fsp3) is 0.222. The maximum Gasteiger partial charge on any atom is 0.335 e. The minimum atomic E-state index is -3.82. The van der Waals surface area contributed by atoms with Gasteiger partial charge in [0, 0.05) is 23.0 Å². The lowest BCUT2D eigenvalue weighted by molar-refractivity contribution is -0.151. The van der Waals surface area contributed by atoms with Crippen LogP contribution in [0, 0.1) is 0 Å². The lowest BCUT2D eigenvalue weighted by Gasteiger charge is -2.30. The third-order valence-electron chi connectivity index (χ3n) is 11.5. The first-order valence-electron chi connectivity index (χ1n) is 20.6. The maximum absolute atomic E-state index is 13.7. The van der Waals surface area contributed by atoms with Crippen molar-refractivity contribution in [2.45, 2.75) is 87.2 Å². The van der Waals surface area contributed by atoms with Crippen molar-refractivity contribution in [3.05, 3.63) is 204 Å². The number of ether oxygens (including phenoxy) is 4. The highest BCUT2D eigenvalue weighted by molar-refractivity contribution is 7.91. The first-order chi connectivity index (χ1) is 29.6. The molecule has 0 aliphatic carbocycles. The number of carbonyl (C=O) groups excluding carboxylic acids is 2. The minimum Gasteiger partial charge on any atom is -0.483 e. The summed E-state index contributed by atoms with van der Waals surface area (Å²) in [7, 11) is -3.82. The Hall–Kier alpha value is -6.71. The fourth-order valence-electron chi connectivity index (χ4n) is 7.30. The van der Waals surface area contributed by atoms with Gasteiger partial charge in [0.1, 0.15) is 34.2 Å². The SMILES string of the molecule is C=CC(=O)Oc1ccc(C(C)(C)c2ccc(C(C)(C)Oc3ccc(S(=O)(=O)c4ccc(Oc5ccc(C(C)(C)c6ccc(C(C)(C)OC(=O)C=C)cc6)cc5)cc4)cc3)cc2)cc1. The standard InChI is InChI=1S/C54H54O8S/c1-11-49(55)60-45-27-23-40(24-28-45)52(5,6)37-13-17-41(18-14-37)53(7,8)61-46-31-35-48(36-32-46)63(57,58)47-33-29-44(30-34-47)59-43-25-21-39(22-26-43)51(3,4)38-15-19-42(20-16-38)54(9,10)62-50(56)12-2/h11-36H,1-2H2,3-10H3. The molecule has 0 saturated carbocycles. The van der Waals surface area contributed by atoms with Gasteiger partial charge in [-0.15, -0.1) is 0 Å². The average molecular weight is 863 g/mol. The molecule has 63 heavy (non-hydrogen) atoms. The van der Waals surface area contributed by atoms with E-state index in [4.69, 9.17) is 18.9 Å². The van der Waals surface area contributed by atoms with Gasteiger partial charge in [0.2, 0.25) is 9.84 Å². The van der Waals surface area contributed by atoms with E-state index in [9.17, 15) is 18.0 Å². The third kappa shape index (κ3) is 10.3. The second-order valence-electron chi connectivity index (χ2n) is 17.4. The van der Waals surface area contributed by atoms with Crippen molar-refractivity contribution in [3.8, 4) is 23.0 Å². The molecule has 0 aliphatic rings. The van der Waals surface area contributed by atoms with Crippen molar-refractivity contribution < 1.29 is 37.0 Å². The molecular formula is C54H54O8S. The lowest BCUT2D eigenvalue weighted by atomic mass is 9.77. The van der Waals surface area contributed by atoms with Gasteiger partial charge >= 0.3 is 11.9 Å². The highest BCUT2D eigenvalue weighted by Crippen LogP contribution is 2.37. The van der Waals surface area contributed by atoms with Crippen molar-refractivity contribution in [1.29, 1.82) is 0 Å². The zero-order valence-corrected chi connectivity index (χ0v) is 37.9. The van der Waals surface area contributed by atoms with Crippen molar-refractivity contribution in [2.75, 3.05) is 0 Å².